The molecule has 1 N–H and O–H groups in total. The van der Waals surface area contributed by atoms with Gasteiger partial charge in [-0.3, -0.25) is 0 Å². The lowest BCUT2D eigenvalue weighted by atomic mass is 9.89. The quantitative estimate of drug-likeness (QED) is 0.901. The van der Waals surface area contributed by atoms with Crippen LogP contribution >= 0.6 is 15.9 Å². The molecule has 0 amide bonds. The first-order valence-corrected chi connectivity index (χ1v) is 6.55. The minimum absolute atomic E-state index is 0.143. The van der Waals surface area contributed by atoms with Crippen LogP contribution in [0.25, 0.3) is 0 Å². The number of aliphatic hydroxyl groups excluding tert-OH is 1. The molecular weight excluding hydrogens is 266 g/mol. The average molecular weight is 284 g/mol. The van der Waals surface area contributed by atoms with Gasteiger partial charge in [0.1, 0.15) is 0 Å². The summed E-state index contributed by atoms with van der Waals surface area (Å²) in [6.07, 6.45) is 1.72. The number of hydrogen-bond acceptors (Lipinski definition) is 2. The number of nitrogens with zero attached hydrogens (tertiary/aromatic N) is 1. The molecular formula is C13H18BrNO. The van der Waals surface area contributed by atoms with Crippen molar-refractivity contribution in [2.45, 2.75) is 18.9 Å². The second-order valence-electron chi connectivity index (χ2n) is 4.71. The maximum absolute atomic E-state index is 9.98. The molecule has 1 aromatic carbocycles. The minimum Gasteiger partial charge on any atom is -0.393 e. The molecule has 2 unspecified atom stereocenters. The molecule has 1 aromatic rings. The maximum Gasteiger partial charge on any atom is 0.0596 e. The molecule has 2 atom stereocenters. The molecule has 0 aromatic heterocycles. The lowest BCUT2D eigenvalue weighted by molar-refractivity contribution is 0.0366. The van der Waals surface area contributed by atoms with E-state index in [1.165, 1.54) is 5.56 Å². The molecule has 1 heterocycles. The van der Waals surface area contributed by atoms with Gasteiger partial charge in [0.25, 0.3) is 0 Å². The molecule has 0 bridgehead atoms. The van der Waals surface area contributed by atoms with Crippen LogP contribution in [0.1, 0.15) is 12.0 Å². The highest BCUT2D eigenvalue weighted by Crippen LogP contribution is 2.22. The van der Waals surface area contributed by atoms with Gasteiger partial charge >= 0.3 is 0 Å². The first-order valence-electron chi connectivity index (χ1n) is 5.76. The van der Waals surface area contributed by atoms with Crippen LogP contribution in [0.4, 0.5) is 0 Å². The molecule has 88 valence electrons. The molecule has 3 heteroatoms. The number of aliphatic hydroxyl groups is 1. The molecule has 2 rings (SSSR count). The zero-order valence-electron chi connectivity index (χ0n) is 9.56. The van der Waals surface area contributed by atoms with Gasteiger partial charge in [0.15, 0.2) is 0 Å². The van der Waals surface area contributed by atoms with Crippen molar-refractivity contribution < 1.29 is 5.11 Å². The zero-order valence-corrected chi connectivity index (χ0v) is 11.2. The summed E-state index contributed by atoms with van der Waals surface area (Å²) >= 11 is 3.48. The van der Waals surface area contributed by atoms with Gasteiger partial charge in [-0.2, -0.15) is 0 Å². The number of halogens is 1. The monoisotopic (exact) mass is 283 g/mol. The van der Waals surface area contributed by atoms with Gasteiger partial charge in [0.05, 0.1) is 6.10 Å². The van der Waals surface area contributed by atoms with E-state index in [2.05, 4.69) is 46.1 Å². The Morgan fingerprint density at radius 3 is 3.06 bits per heavy atom. The highest BCUT2D eigenvalue weighted by atomic mass is 79.9. The minimum atomic E-state index is -0.143. The Morgan fingerprint density at radius 1 is 1.50 bits per heavy atom. The predicted octanol–water partition coefficient (Wildman–Crippen LogP) is 2.30. The smallest absolute Gasteiger partial charge is 0.0596 e. The van der Waals surface area contributed by atoms with E-state index in [0.29, 0.717) is 5.92 Å². The normalized spacial score (nSPS) is 26.9. The topological polar surface area (TPSA) is 23.5 Å². The number of likely N-dealkylation sites (tertiary alicyclic amines) is 1. The first kappa shape index (κ1) is 12.1. The van der Waals surface area contributed by atoms with E-state index in [4.69, 9.17) is 0 Å². The number of benzene rings is 1. The summed E-state index contributed by atoms with van der Waals surface area (Å²) in [5, 5.41) is 9.98. The third kappa shape index (κ3) is 3.06. The molecule has 16 heavy (non-hydrogen) atoms. The van der Waals surface area contributed by atoms with Crippen molar-refractivity contribution in [1.29, 1.82) is 0 Å². The highest BCUT2D eigenvalue weighted by Gasteiger charge is 2.25. The van der Waals surface area contributed by atoms with E-state index in [-0.39, 0.29) is 6.10 Å². The Morgan fingerprint density at radius 2 is 2.31 bits per heavy atom. The van der Waals surface area contributed by atoms with Crippen molar-refractivity contribution >= 4 is 15.9 Å². The molecule has 1 saturated heterocycles. The van der Waals surface area contributed by atoms with Gasteiger partial charge in [-0.25, -0.2) is 0 Å². The molecule has 0 spiro atoms. The van der Waals surface area contributed by atoms with Gasteiger partial charge < -0.3 is 10.0 Å². The fourth-order valence-corrected chi connectivity index (χ4v) is 2.82. The fraction of sp³-hybridized carbons (Fsp3) is 0.538. The summed E-state index contributed by atoms with van der Waals surface area (Å²) in [4.78, 5) is 2.30. The molecule has 1 aliphatic heterocycles. The van der Waals surface area contributed by atoms with E-state index in [0.717, 1.165) is 30.4 Å². The summed E-state index contributed by atoms with van der Waals surface area (Å²) in [7, 11) is 2.12. The Labute approximate surface area is 105 Å². The van der Waals surface area contributed by atoms with Crippen molar-refractivity contribution in [2.24, 2.45) is 5.92 Å². The average Bonchev–Trinajstić information content (AvgIpc) is 2.24. The Hall–Kier alpha value is -0.380. The third-order valence-corrected chi connectivity index (χ3v) is 3.78. The lowest BCUT2D eigenvalue weighted by Gasteiger charge is -2.34. The Balaban J connectivity index is 2.02. The van der Waals surface area contributed by atoms with Crippen molar-refractivity contribution in [3.8, 4) is 0 Å². The van der Waals surface area contributed by atoms with Gasteiger partial charge in [-0.05, 0) is 37.6 Å². The van der Waals surface area contributed by atoms with E-state index >= 15 is 0 Å². The van der Waals surface area contributed by atoms with Crippen molar-refractivity contribution in [3.63, 3.8) is 0 Å². The number of piperidine rings is 1. The molecule has 1 fully saturated rings. The number of hydrogen-bond donors (Lipinski definition) is 1. The number of rotatable bonds is 2. The van der Waals surface area contributed by atoms with E-state index in [1.54, 1.807) is 0 Å². The van der Waals surface area contributed by atoms with Crippen LogP contribution in [0.15, 0.2) is 28.7 Å². The van der Waals surface area contributed by atoms with E-state index < -0.39 is 0 Å². The van der Waals surface area contributed by atoms with Crippen LogP contribution in [-0.2, 0) is 6.42 Å². The molecule has 0 aliphatic carbocycles. The molecule has 1 aliphatic rings. The van der Waals surface area contributed by atoms with Crippen molar-refractivity contribution in [3.05, 3.63) is 34.3 Å². The Bertz CT molecular complexity index is 356. The van der Waals surface area contributed by atoms with Crippen LogP contribution in [0.3, 0.4) is 0 Å². The third-order valence-electron chi connectivity index (χ3n) is 3.28. The van der Waals surface area contributed by atoms with Gasteiger partial charge in [-0.15, -0.1) is 0 Å². The van der Waals surface area contributed by atoms with Crippen LogP contribution in [-0.4, -0.2) is 36.2 Å². The summed E-state index contributed by atoms with van der Waals surface area (Å²) in [6, 6.07) is 8.36. The highest BCUT2D eigenvalue weighted by molar-refractivity contribution is 9.10. The van der Waals surface area contributed by atoms with Gasteiger partial charge in [0.2, 0.25) is 0 Å². The summed E-state index contributed by atoms with van der Waals surface area (Å²) in [6.45, 7) is 2.00. The van der Waals surface area contributed by atoms with Crippen molar-refractivity contribution in [2.75, 3.05) is 20.1 Å². The lowest BCUT2D eigenvalue weighted by Crippen LogP contribution is -2.41. The second kappa shape index (κ2) is 5.30. The fourth-order valence-electron chi connectivity index (χ4n) is 2.37. The zero-order chi connectivity index (χ0) is 11.5. The van der Waals surface area contributed by atoms with Crippen LogP contribution in [0.5, 0.6) is 0 Å². The standard InChI is InChI=1S/C13H18BrNO/c1-15-6-5-13(16)11(9-15)7-10-3-2-4-12(14)8-10/h2-4,8,11,13,16H,5-7,9H2,1H3. The second-order valence-corrected chi connectivity index (χ2v) is 5.63. The molecule has 0 radical (unpaired) electrons. The first-order chi connectivity index (χ1) is 7.65. The molecule has 0 saturated carbocycles. The van der Waals surface area contributed by atoms with Gasteiger partial charge in [0, 0.05) is 23.5 Å². The van der Waals surface area contributed by atoms with Crippen LogP contribution in [0, 0.1) is 5.92 Å². The SMILES string of the molecule is CN1CCC(O)C(Cc2cccc(Br)c2)C1. The predicted molar refractivity (Wildman–Crippen MR) is 69.5 cm³/mol. The van der Waals surface area contributed by atoms with Crippen LogP contribution < -0.4 is 0 Å². The molecule has 2 nitrogen and oxygen atoms in total. The van der Waals surface area contributed by atoms with Crippen LogP contribution in [0.2, 0.25) is 0 Å². The van der Waals surface area contributed by atoms with Crippen molar-refractivity contribution in [1.82, 2.24) is 4.90 Å². The van der Waals surface area contributed by atoms with E-state index in [1.807, 2.05) is 6.07 Å². The largest absolute Gasteiger partial charge is 0.393 e. The summed E-state index contributed by atoms with van der Waals surface area (Å²) < 4.78 is 1.11. The Kier molecular flexibility index (Phi) is 4.00. The maximum atomic E-state index is 9.98. The summed E-state index contributed by atoms with van der Waals surface area (Å²) in [5.74, 6) is 0.369. The summed E-state index contributed by atoms with van der Waals surface area (Å²) in [5.41, 5.74) is 1.30. The van der Waals surface area contributed by atoms with E-state index in [9.17, 15) is 5.11 Å². The van der Waals surface area contributed by atoms with Gasteiger partial charge in [-0.1, -0.05) is 28.1 Å².